The minimum absolute atomic E-state index is 0.0817. The Labute approximate surface area is 250 Å². The van der Waals surface area contributed by atoms with Crippen molar-refractivity contribution in [3.8, 4) is 16.9 Å². The van der Waals surface area contributed by atoms with E-state index in [1.54, 1.807) is 37.2 Å². The number of rotatable bonds is 8. The molecule has 0 radical (unpaired) electrons. The van der Waals surface area contributed by atoms with Crippen molar-refractivity contribution in [2.24, 2.45) is 0 Å². The number of nitrogens with zero attached hydrogens (tertiary/aromatic N) is 3. The zero-order valence-electron chi connectivity index (χ0n) is 24.7. The molecule has 4 rings (SSSR count). The molecule has 3 heterocycles. The Morgan fingerprint density at radius 1 is 1.14 bits per heavy atom. The zero-order valence-corrected chi connectivity index (χ0v) is 24.7. The van der Waals surface area contributed by atoms with Crippen molar-refractivity contribution < 1.29 is 45.0 Å². The van der Waals surface area contributed by atoms with Crippen LogP contribution in [0.25, 0.3) is 11.1 Å². The molecule has 0 aliphatic carbocycles. The van der Waals surface area contributed by atoms with Gasteiger partial charge in [0.05, 0.1) is 30.5 Å². The van der Waals surface area contributed by atoms with E-state index in [2.05, 4.69) is 6.58 Å². The molecular formula is C31H32F7N3O3. The van der Waals surface area contributed by atoms with Crippen molar-refractivity contribution in [3.63, 3.8) is 0 Å². The van der Waals surface area contributed by atoms with Gasteiger partial charge in [-0.25, -0.2) is 14.2 Å². The molecule has 0 spiro atoms. The number of methoxy groups -OCH3 is 1. The van der Waals surface area contributed by atoms with E-state index in [1.807, 2.05) is 13.8 Å². The maximum absolute atomic E-state index is 14.9. The number of halogens is 7. The highest BCUT2D eigenvalue weighted by Crippen LogP contribution is 2.48. The predicted octanol–water partition coefficient (Wildman–Crippen LogP) is 8.27. The molecule has 1 amide bonds. The van der Waals surface area contributed by atoms with E-state index < -0.39 is 54.1 Å². The van der Waals surface area contributed by atoms with Gasteiger partial charge in [0, 0.05) is 37.4 Å². The van der Waals surface area contributed by atoms with Gasteiger partial charge in [0.25, 0.3) is 0 Å². The molecule has 1 aromatic heterocycles. The van der Waals surface area contributed by atoms with Gasteiger partial charge in [-0.3, -0.25) is 4.90 Å². The minimum Gasteiger partial charge on any atom is -0.496 e. The number of allylic oxidation sites excluding steroid dienone is 3. The highest BCUT2D eigenvalue weighted by molar-refractivity contribution is 5.77. The van der Waals surface area contributed by atoms with Crippen LogP contribution < -0.4 is 9.64 Å². The number of benzene rings is 1. The van der Waals surface area contributed by atoms with Crippen molar-refractivity contribution in [1.82, 2.24) is 9.88 Å². The van der Waals surface area contributed by atoms with Crippen LogP contribution in [0.5, 0.6) is 5.75 Å². The summed E-state index contributed by atoms with van der Waals surface area (Å²) in [5, 5.41) is 0. The number of fused-ring (bicyclic) bond motifs is 1. The third kappa shape index (κ3) is 6.71. The van der Waals surface area contributed by atoms with Crippen LogP contribution in [-0.2, 0) is 4.74 Å². The van der Waals surface area contributed by atoms with Crippen molar-refractivity contribution in [2.45, 2.75) is 63.1 Å². The Hall–Kier alpha value is -4.03. The summed E-state index contributed by atoms with van der Waals surface area (Å²) < 4.78 is 104. The lowest BCUT2D eigenvalue weighted by atomic mass is 9.93. The second-order valence-corrected chi connectivity index (χ2v) is 11.1. The van der Waals surface area contributed by atoms with Crippen LogP contribution in [0.2, 0.25) is 0 Å². The van der Waals surface area contributed by atoms with Gasteiger partial charge in [0.15, 0.2) is 0 Å². The Morgan fingerprint density at radius 3 is 2.39 bits per heavy atom. The summed E-state index contributed by atoms with van der Waals surface area (Å²) in [6.45, 7) is 7.30. The number of carbonyl (C=O) groups excluding carboxylic acids is 1. The summed E-state index contributed by atoms with van der Waals surface area (Å²) in [5.74, 6) is 0.199. The fraction of sp³-hybridized carbons (Fsp3) is 0.419. The lowest BCUT2D eigenvalue weighted by Gasteiger charge is -2.26. The van der Waals surface area contributed by atoms with Gasteiger partial charge in [-0.15, -0.1) is 0 Å². The molecule has 0 saturated carbocycles. The summed E-state index contributed by atoms with van der Waals surface area (Å²) in [6.07, 6.45) is -11.6. The molecule has 238 valence electrons. The van der Waals surface area contributed by atoms with E-state index in [4.69, 9.17) is 14.5 Å². The first kappa shape index (κ1) is 32.9. The predicted molar refractivity (Wildman–Crippen MR) is 151 cm³/mol. The molecule has 1 aromatic carbocycles. The maximum atomic E-state index is 14.9. The standard InChI is InChI=1S/C31H32F7N3O3/c1-16(2)20-14-21(25(43-6)15-22(20)32)19-7-10-26(40(4)5)39-27(19)23-8-9-24-28(44-29(42)41(23)24)17(3)13-18(31(36,37)38)11-12-30(33,34)35/h7,10-16,23-24,28H,3,8-9H2,1-2,4-6H3/b12-11+,18-13+/t23-,24?,28+/m0/s1. The highest BCUT2D eigenvalue weighted by atomic mass is 19.4. The number of amides is 1. The lowest BCUT2D eigenvalue weighted by molar-refractivity contribution is -0.0903. The Kier molecular flexibility index (Phi) is 9.09. The van der Waals surface area contributed by atoms with Crippen LogP contribution in [-0.4, -0.2) is 61.7 Å². The summed E-state index contributed by atoms with van der Waals surface area (Å²) in [4.78, 5) is 21.2. The molecule has 6 nitrogen and oxygen atoms in total. The van der Waals surface area contributed by atoms with Gasteiger partial charge in [-0.2, -0.15) is 26.3 Å². The number of anilines is 1. The molecule has 44 heavy (non-hydrogen) atoms. The molecule has 1 unspecified atom stereocenters. The number of carbonyl (C=O) groups is 1. The average Bonchev–Trinajstić information content (AvgIpc) is 3.50. The van der Waals surface area contributed by atoms with E-state index in [9.17, 15) is 35.5 Å². The highest BCUT2D eigenvalue weighted by Gasteiger charge is 2.51. The summed E-state index contributed by atoms with van der Waals surface area (Å²) >= 11 is 0. The molecule has 3 atom stereocenters. The molecule has 2 aliphatic rings. The number of ether oxygens (including phenoxy) is 2. The molecule has 2 aliphatic heterocycles. The number of hydrogen-bond donors (Lipinski definition) is 0. The molecule has 0 bridgehead atoms. The molecule has 2 fully saturated rings. The molecule has 2 aromatic rings. The van der Waals surface area contributed by atoms with Gasteiger partial charge in [-0.05, 0) is 60.2 Å². The second kappa shape index (κ2) is 12.2. The van der Waals surface area contributed by atoms with E-state index in [-0.39, 0.29) is 23.3 Å². The second-order valence-electron chi connectivity index (χ2n) is 11.1. The van der Waals surface area contributed by atoms with Gasteiger partial charge < -0.3 is 14.4 Å². The fourth-order valence-corrected chi connectivity index (χ4v) is 5.52. The third-order valence-corrected chi connectivity index (χ3v) is 7.62. The van der Waals surface area contributed by atoms with E-state index in [0.717, 1.165) is 0 Å². The minimum atomic E-state index is -5.11. The Morgan fingerprint density at radius 2 is 1.82 bits per heavy atom. The van der Waals surface area contributed by atoms with Crippen molar-refractivity contribution >= 4 is 11.9 Å². The summed E-state index contributed by atoms with van der Waals surface area (Å²) in [7, 11) is 4.96. The first-order chi connectivity index (χ1) is 20.4. The zero-order chi connectivity index (χ0) is 32.7. The monoisotopic (exact) mass is 627 g/mol. The van der Waals surface area contributed by atoms with Crippen LogP contribution in [0, 0.1) is 5.82 Å². The molecule has 0 N–H and O–H groups in total. The average molecular weight is 628 g/mol. The first-order valence-corrected chi connectivity index (χ1v) is 13.7. The maximum Gasteiger partial charge on any atom is 0.416 e. The Balaban J connectivity index is 1.77. The van der Waals surface area contributed by atoms with Gasteiger partial charge in [0.2, 0.25) is 0 Å². The van der Waals surface area contributed by atoms with Crippen LogP contribution in [0.3, 0.4) is 0 Å². The molecule has 2 saturated heterocycles. The summed E-state index contributed by atoms with van der Waals surface area (Å²) in [6, 6.07) is 5.06. The largest absolute Gasteiger partial charge is 0.496 e. The van der Waals surface area contributed by atoms with Crippen LogP contribution in [0.1, 0.15) is 49.9 Å². The number of hydrogen-bond acceptors (Lipinski definition) is 5. The lowest BCUT2D eigenvalue weighted by Crippen LogP contribution is -2.33. The van der Waals surface area contributed by atoms with E-state index >= 15 is 0 Å². The first-order valence-electron chi connectivity index (χ1n) is 13.7. The fourth-order valence-electron chi connectivity index (χ4n) is 5.52. The quantitative estimate of drug-likeness (QED) is 0.218. The SMILES string of the molecule is C=C(/C=C(\C=C\C(F)(F)F)C(F)(F)F)[C@H]1OC(=O)N2C1CC[C@H]2c1nc(N(C)C)ccc1-c1cc(C(C)C)c(F)cc1OC. The number of cyclic esters (lactones) is 1. The van der Waals surface area contributed by atoms with Crippen molar-refractivity contribution in [2.75, 3.05) is 26.1 Å². The van der Waals surface area contributed by atoms with Crippen LogP contribution in [0.4, 0.5) is 41.3 Å². The van der Waals surface area contributed by atoms with Crippen LogP contribution >= 0.6 is 0 Å². The summed E-state index contributed by atoms with van der Waals surface area (Å²) in [5.41, 5.74) is 0.0967. The van der Waals surface area contributed by atoms with E-state index in [0.29, 0.717) is 47.1 Å². The van der Waals surface area contributed by atoms with Crippen molar-refractivity contribution in [1.29, 1.82) is 0 Å². The third-order valence-electron chi connectivity index (χ3n) is 7.62. The molecule has 13 heteroatoms. The smallest absolute Gasteiger partial charge is 0.416 e. The van der Waals surface area contributed by atoms with Gasteiger partial charge in [0.1, 0.15) is 23.5 Å². The van der Waals surface area contributed by atoms with Gasteiger partial charge in [-0.1, -0.05) is 20.4 Å². The Bertz CT molecular complexity index is 1500. The number of alkyl halides is 6. The van der Waals surface area contributed by atoms with Gasteiger partial charge >= 0.3 is 18.4 Å². The molecular weight excluding hydrogens is 595 g/mol. The topological polar surface area (TPSA) is 54.9 Å². The van der Waals surface area contributed by atoms with Crippen LogP contribution in [0.15, 0.2) is 60.2 Å². The number of pyridine rings is 1. The van der Waals surface area contributed by atoms with E-state index in [1.165, 1.54) is 18.1 Å². The van der Waals surface area contributed by atoms with Crippen molar-refractivity contribution in [3.05, 3.63) is 77.3 Å². The normalized spacial score (nSPS) is 20.8. The number of aromatic nitrogens is 1.